The summed E-state index contributed by atoms with van der Waals surface area (Å²) in [6.07, 6.45) is 1.60. The van der Waals surface area contributed by atoms with E-state index in [9.17, 15) is 5.11 Å². The topological polar surface area (TPSA) is 71.0 Å². The van der Waals surface area contributed by atoms with E-state index < -0.39 is 6.10 Å². The van der Waals surface area contributed by atoms with Crippen molar-refractivity contribution in [3.8, 4) is 11.5 Å². The monoisotopic (exact) mass is 267 g/mol. The summed E-state index contributed by atoms with van der Waals surface area (Å²) >= 11 is 0. The van der Waals surface area contributed by atoms with Crippen LogP contribution in [0.4, 0.5) is 0 Å². The van der Waals surface area contributed by atoms with Gasteiger partial charge < -0.3 is 25.0 Å². The van der Waals surface area contributed by atoms with Crippen LogP contribution >= 0.6 is 0 Å². The molecule has 0 spiro atoms. The molecule has 1 aliphatic rings. The van der Waals surface area contributed by atoms with Crippen LogP contribution < -0.4 is 14.8 Å². The summed E-state index contributed by atoms with van der Waals surface area (Å²) in [4.78, 5) is 0. The van der Waals surface area contributed by atoms with Gasteiger partial charge in [-0.1, -0.05) is 0 Å². The first-order chi connectivity index (χ1) is 9.22. The Balaban J connectivity index is 2.01. The van der Waals surface area contributed by atoms with Crippen LogP contribution in [0.1, 0.15) is 18.4 Å². The quantitative estimate of drug-likeness (QED) is 0.646. The SMILES string of the molecule is COc1ccc(OCC(O)CO)c(CNC2CC2)c1. The van der Waals surface area contributed by atoms with Gasteiger partial charge >= 0.3 is 0 Å². The van der Waals surface area contributed by atoms with Crippen LogP contribution in [0, 0.1) is 0 Å². The van der Waals surface area contributed by atoms with Crippen LogP contribution in [-0.2, 0) is 6.54 Å². The third-order valence-electron chi connectivity index (χ3n) is 3.07. The fourth-order valence-electron chi connectivity index (χ4n) is 1.74. The molecule has 3 N–H and O–H groups in total. The van der Waals surface area contributed by atoms with E-state index in [1.165, 1.54) is 12.8 Å². The van der Waals surface area contributed by atoms with Crippen molar-refractivity contribution in [1.82, 2.24) is 5.32 Å². The first kappa shape index (κ1) is 14.1. The summed E-state index contributed by atoms with van der Waals surface area (Å²) in [5.41, 5.74) is 0.997. The molecule has 0 radical (unpaired) electrons. The van der Waals surface area contributed by atoms with Crippen LogP contribution in [0.2, 0.25) is 0 Å². The zero-order valence-electron chi connectivity index (χ0n) is 11.1. The molecule has 1 unspecified atom stereocenters. The number of nitrogens with one attached hydrogen (secondary N) is 1. The van der Waals surface area contributed by atoms with E-state index in [1.807, 2.05) is 18.2 Å². The van der Waals surface area contributed by atoms with Crippen molar-refractivity contribution in [3.63, 3.8) is 0 Å². The standard InChI is InChI=1S/C14H21NO4/c1-18-13-4-5-14(19-9-12(17)8-16)10(6-13)7-15-11-2-3-11/h4-6,11-12,15-17H,2-3,7-9H2,1H3. The van der Waals surface area contributed by atoms with Gasteiger partial charge in [0.2, 0.25) is 0 Å². The Kier molecular flexibility index (Phi) is 5.01. The van der Waals surface area contributed by atoms with Crippen LogP contribution in [0.15, 0.2) is 18.2 Å². The molecule has 106 valence electrons. The normalized spacial score (nSPS) is 16.2. The highest BCUT2D eigenvalue weighted by molar-refractivity contribution is 5.40. The van der Waals surface area contributed by atoms with Gasteiger partial charge in [-0.05, 0) is 31.0 Å². The molecule has 1 aliphatic carbocycles. The lowest BCUT2D eigenvalue weighted by atomic mass is 10.2. The minimum Gasteiger partial charge on any atom is -0.497 e. The van der Waals surface area contributed by atoms with Crippen molar-refractivity contribution in [2.45, 2.75) is 31.5 Å². The summed E-state index contributed by atoms with van der Waals surface area (Å²) in [5.74, 6) is 1.49. The summed E-state index contributed by atoms with van der Waals surface area (Å²) in [7, 11) is 1.63. The second kappa shape index (κ2) is 6.75. The molecular formula is C14H21NO4. The minimum atomic E-state index is -0.855. The number of hydrogen-bond acceptors (Lipinski definition) is 5. The average Bonchev–Trinajstić information content (AvgIpc) is 3.26. The lowest BCUT2D eigenvalue weighted by molar-refractivity contribution is 0.0532. The zero-order valence-corrected chi connectivity index (χ0v) is 11.1. The summed E-state index contributed by atoms with van der Waals surface area (Å²) in [5, 5.41) is 21.5. The molecule has 0 saturated heterocycles. The Bertz CT molecular complexity index is 406. The zero-order chi connectivity index (χ0) is 13.7. The largest absolute Gasteiger partial charge is 0.497 e. The summed E-state index contributed by atoms with van der Waals surface area (Å²) in [6, 6.07) is 6.19. The summed E-state index contributed by atoms with van der Waals surface area (Å²) in [6.45, 7) is 0.498. The van der Waals surface area contributed by atoms with Crippen molar-refractivity contribution >= 4 is 0 Å². The number of hydrogen-bond donors (Lipinski definition) is 3. The van der Waals surface area contributed by atoms with Gasteiger partial charge in [-0.3, -0.25) is 0 Å². The molecule has 1 saturated carbocycles. The van der Waals surface area contributed by atoms with E-state index in [0.717, 1.165) is 11.3 Å². The predicted octanol–water partition coefficient (Wildman–Crippen LogP) is 0.679. The first-order valence-electron chi connectivity index (χ1n) is 6.55. The number of benzene rings is 1. The van der Waals surface area contributed by atoms with Gasteiger partial charge in [0.15, 0.2) is 0 Å². The predicted molar refractivity (Wildman–Crippen MR) is 71.4 cm³/mol. The Morgan fingerprint density at radius 1 is 1.42 bits per heavy atom. The number of aliphatic hydroxyl groups excluding tert-OH is 2. The van der Waals surface area contributed by atoms with E-state index in [1.54, 1.807) is 7.11 Å². The maximum absolute atomic E-state index is 9.32. The fourth-order valence-corrected chi connectivity index (χ4v) is 1.74. The molecule has 1 aromatic rings. The lowest BCUT2D eigenvalue weighted by Gasteiger charge is -2.15. The highest BCUT2D eigenvalue weighted by atomic mass is 16.5. The van der Waals surface area contributed by atoms with Crippen molar-refractivity contribution in [3.05, 3.63) is 23.8 Å². The molecule has 1 aromatic carbocycles. The van der Waals surface area contributed by atoms with E-state index in [0.29, 0.717) is 18.3 Å². The molecule has 0 bridgehead atoms. The first-order valence-corrected chi connectivity index (χ1v) is 6.55. The molecule has 19 heavy (non-hydrogen) atoms. The Hall–Kier alpha value is -1.30. The lowest BCUT2D eigenvalue weighted by Crippen LogP contribution is -2.22. The van der Waals surface area contributed by atoms with Crippen LogP contribution in [-0.4, -0.2) is 42.7 Å². The van der Waals surface area contributed by atoms with Crippen LogP contribution in [0.3, 0.4) is 0 Å². The molecule has 0 aliphatic heterocycles. The van der Waals surface area contributed by atoms with E-state index in [-0.39, 0.29) is 13.2 Å². The van der Waals surface area contributed by atoms with Gasteiger partial charge in [0.05, 0.1) is 13.7 Å². The van der Waals surface area contributed by atoms with Gasteiger partial charge in [0.25, 0.3) is 0 Å². The molecule has 5 heteroatoms. The van der Waals surface area contributed by atoms with Crippen molar-refractivity contribution in [2.75, 3.05) is 20.3 Å². The van der Waals surface area contributed by atoms with Gasteiger partial charge in [0, 0.05) is 18.2 Å². The Morgan fingerprint density at radius 2 is 2.21 bits per heavy atom. The maximum Gasteiger partial charge on any atom is 0.124 e. The molecule has 1 fully saturated rings. The third kappa shape index (κ3) is 4.38. The highest BCUT2D eigenvalue weighted by Gasteiger charge is 2.21. The van der Waals surface area contributed by atoms with Gasteiger partial charge in [-0.2, -0.15) is 0 Å². The number of methoxy groups -OCH3 is 1. The van der Waals surface area contributed by atoms with Crippen LogP contribution in [0.5, 0.6) is 11.5 Å². The molecule has 0 aromatic heterocycles. The molecule has 5 nitrogen and oxygen atoms in total. The minimum absolute atomic E-state index is 0.0826. The van der Waals surface area contributed by atoms with E-state index in [2.05, 4.69) is 5.32 Å². The fraction of sp³-hybridized carbons (Fsp3) is 0.571. The van der Waals surface area contributed by atoms with Gasteiger partial charge in [-0.25, -0.2) is 0 Å². The van der Waals surface area contributed by atoms with Gasteiger partial charge in [0.1, 0.15) is 24.2 Å². The second-order valence-corrected chi connectivity index (χ2v) is 4.78. The molecule has 2 rings (SSSR count). The summed E-state index contributed by atoms with van der Waals surface area (Å²) < 4.78 is 10.7. The molecule has 0 amide bonds. The molecular weight excluding hydrogens is 246 g/mol. The highest BCUT2D eigenvalue weighted by Crippen LogP contribution is 2.26. The number of rotatable bonds is 8. The smallest absolute Gasteiger partial charge is 0.124 e. The number of aliphatic hydroxyl groups is 2. The van der Waals surface area contributed by atoms with Crippen LogP contribution in [0.25, 0.3) is 0 Å². The number of ether oxygens (including phenoxy) is 2. The third-order valence-corrected chi connectivity index (χ3v) is 3.07. The van der Waals surface area contributed by atoms with Crippen molar-refractivity contribution < 1.29 is 19.7 Å². The second-order valence-electron chi connectivity index (χ2n) is 4.78. The van der Waals surface area contributed by atoms with E-state index >= 15 is 0 Å². The maximum atomic E-state index is 9.32. The van der Waals surface area contributed by atoms with Gasteiger partial charge in [-0.15, -0.1) is 0 Å². The molecule has 1 atom stereocenters. The Morgan fingerprint density at radius 3 is 2.84 bits per heavy atom. The van der Waals surface area contributed by atoms with Crippen molar-refractivity contribution in [1.29, 1.82) is 0 Å². The van der Waals surface area contributed by atoms with Crippen molar-refractivity contribution in [2.24, 2.45) is 0 Å². The molecule has 0 heterocycles. The Labute approximate surface area is 113 Å². The van der Waals surface area contributed by atoms with E-state index in [4.69, 9.17) is 14.6 Å². The average molecular weight is 267 g/mol.